The number of carbonyl (C=O) groups is 2. The van der Waals surface area contributed by atoms with E-state index in [1.807, 2.05) is 19.1 Å². The zero-order chi connectivity index (χ0) is 19.9. The van der Waals surface area contributed by atoms with E-state index in [-0.39, 0.29) is 29.1 Å². The molecule has 5 nitrogen and oxygen atoms in total. The molecule has 0 spiro atoms. The molecule has 0 bridgehead atoms. The molecule has 2 amide bonds. The van der Waals surface area contributed by atoms with E-state index in [2.05, 4.69) is 15.4 Å². The predicted molar refractivity (Wildman–Crippen MR) is 98.9 cm³/mol. The van der Waals surface area contributed by atoms with Crippen LogP contribution in [0.2, 0.25) is 0 Å². The first-order valence-electron chi connectivity index (χ1n) is 7.81. The zero-order valence-electron chi connectivity index (χ0n) is 14.3. The lowest BCUT2D eigenvalue weighted by Crippen LogP contribution is -2.18. The van der Waals surface area contributed by atoms with Gasteiger partial charge in [0.2, 0.25) is 11.8 Å². The minimum Gasteiger partial charge on any atom is -0.406 e. The van der Waals surface area contributed by atoms with Crippen molar-refractivity contribution < 1.29 is 27.5 Å². The van der Waals surface area contributed by atoms with Crippen molar-refractivity contribution >= 4 is 35.0 Å². The Morgan fingerprint density at radius 3 is 1.78 bits per heavy atom. The summed E-state index contributed by atoms with van der Waals surface area (Å²) in [4.78, 5) is 23.6. The van der Waals surface area contributed by atoms with E-state index in [1.54, 1.807) is 12.1 Å². The number of hydrogen-bond donors (Lipinski definition) is 2. The van der Waals surface area contributed by atoms with Gasteiger partial charge in [-0.3, -0.25) is 9.59 Å². The van der Waals surface area contributed by atoms with Gasteiger partial charge in [0.15, 0.2) is 0 Å². The standard InChI is InChI=1S/C18H17F3N2O3S/c1-12-2-4-13(5-3-12)22-16(24)10-27-11-17(25)23-14-6-8-15(9-7-14)26-18(19,20)21/h2-9H,10-11H2,1H3,(H,22,24)(H,23,25). The maximum absolute atomic E-state index is 12.1. The van der Waals surface area contributed by atoms with E-state index in [0.717, 1.165) is 29.5 Å². The van der Waals surface area contributed by atoms with Gasteiger partial charge in [0.25, 0.3) is 0 Å². The number of hydrogen-bond acceptors (Lipinski definition) is 4. The SMILES string of the molecule is Cc1ccc(NC(=O)CSCC(=O)Nc2ccc(OC(F)(F)F)cc2)cc1. The second-order valence-corrected chi connectivity index (χ2v) is 6.51. The fourth-order valence-electron chi connectivity index (χ4n) is 2.01. The third kappa shape index (κ3) is 8.04. The van der Waals surface area contributed by atoms with E-state index < -0.39 is 6.36 Å². The van der Waals surface area contributed by atoms with Gasteiger partial charge in [0, 0.05) is 11.4 Å². The third-order valence-electron chi connectivity index (χ3n) is 3.17. The van der Waals surface area contributed by atoms with Crippen LogP contribution in [0.3, 0.4) is 0 Å². The van der Waals surface area contributed by atoms with Crippen LogP contribution in [0.4, 0.5) is 24.5 Å². The van der Waals surface area contributed by atoms with Crippen LogP contribution in [0.1, 0.15) is 5.56 Å². The quantitative estimate of drug-likeness (QED) is 0.734. The minimum atomic E-state index is -4.76. The predicted octanol–water partition coefficient (Wildman–Crippen LogP) is 4.20. The van der Waals surface area contributed by atoms with Gasteiger partial charge in [-0.2, -0.15) is 0 Å². The summed E-state index contributed by atoms with van der Waals surface area (Å²) >= 11 is 1.12. The molecule has 0 radical (unpaired) electrons. The first-order chi connectivity index (χ1) is 12.7. The molecule has 2 rings (SSSR count). The average molecular weight is 398 g/mol. The second-order valence-electron chi connectivity index (χ2n) is 5.53. The number of benzene rings is 2. The zero-order valence-corrected chi connectivity index (χ0v) is 15.1. The molecular weight excluding hydrogens is 381 g/mol. The molecule has 144 valence electrons. The van der Waals surface area contributed by atoms with Crippen molar-refractivity contribution in [3.63, 3.8) is 0 Å². The number of ether oxygens (including phenoxy) is 1. The van der Waals surface area contributed by atoms with Crippen molar-refractivity contribution in [2.75, 3.05) is 22.1 Å². The third-order valence-corrected chi connectivity index (χ3v) is 4.11. The Hall–Kier alpha value is -2.68. The number of carbonyl (C=O) groups excluding carboxylic acids is 2. The fraction of sp³-hybridized carbons (Fsp3) is 0.222. The summed E-state index contributed by atoms with van der Waals surface area (Å²) in [7, 11) is 0. The van der Waals surface area contributed by atoms with Gasteiger partial charge in [0.1, 0.15) is 5.75 Å². The van der Waals surface area contributed by atoms with E-state index in [1.165, 1.54) is 12.1 Å². The molecule has 0 aromatic heterocycles. The van der Waals surface area contributed by atoms with Crippen molar-refractivity contribution in [2.24, 2.45) is 0 Å². The second kappa shape index (κ2) is 9.31. The molecule has 0 saturated carbocycles. The van der Waals surface area contributed by atoms with Gasteiger partial charge in [0.05, 0.1) is 11.5 Å². The number of nitrogens with one attached hydrogen (secondary N) is 2. The molecule has 2 aromatic carbocycles. The van der Waals surface area contributed by atoms with Crippen molar-refractivity contribution in [3.8, 4) is 5.75 Å². The van der Waals surface area contributed by atoms with Crippen molar-refractivity contribution in [1.29, 1.82) is 0 Å². The number of amides is 2. The molecule has 0 fully saturated rings. The normalized spacial score (nSPS) is 11.0. The van der Waals surface area contributed by atoms with Crippen LogP contribution in [-0.2, 0) is 9.59 Å². The number of halogens is 3. The van der Waals surface area contributed by atoms with Crippen LogP contribution >= 0.6 is 11.8 Å². The minimum absolute atomic E-state index is 0.0299. The largest absolute Gasteiger partial charge is 0.573 e. The van der Waals surface area contributed by atoms with E-state index in [0.29, 0.717) is 11.4 Å². The highest BCUT2D eigenvalue weighted by atomic mass is 32.2. The van der Waals surface area contributed by atoms with E-state index in [4.69, 9.17) is 0 Å². The summed E-state index contributed by atoms with van der Waals surface area (Å²) in [6.45, 7) is 1.94. The first kappa shape index (κ1) is 20.6. The number of aryl methyl sites for hydroxylation is 1. The molecule has 0 unspecified atom stereocenters. The van der Waals surface area contributed by atoms with Crippen LogP contribution in [0.25, 0.3) is 0 Å². The van der Waals surface area contributed by atoms with Crippen LogP contribution in [-0.4, -0.2) is 29.7 Å². The lowest BCUT2D eigenvalue weighted by atomic mass is 10.2. The summed E-state index contributed by atoms with van der Waals surface area (Å²) in [5.41, 5.74) is 2.09. The number of anilines is 2. The van der Waals surface area contributed by atoms with Gasteiger partial charge in [-0.1, -0.05) is 17.7 Å². The highest BCUT2D eigenvalue weighted by molar-refractivity contribution is 8.00. The molecule has 0 saturated heterocycles. The molecule has 0 heterocycles. The Kier molecular flexibility index (Phi) is 7.12. The number of thioether (sulfide) groups is 1. The van der Waals surface area contributed by atoms with Gasteiger partial charge in [-0.25, -0.2) is 0 Å². The molecule has 0 aliphatic carbocycles. The lowest BCUT2D eigenvalue weighted by Gasteiger charge is -2.10. The Labute approximate surface area is 158 Å². The molecule has 2 N–H and O–H groups in total. The summed E-state index contributed by atoms with van der Waals surface area (Å²) < 4.78 is 40.0. The topological polar surface area (TPSA) is 67.4 Å². The van der Waals surface area contributed by atoms with Crippen LogP contribution < -0.4 is 15.4 Å². The highest BCUT2D eigenvalue weighted by Gasteiger charge is 2.30. The van der Waals surface area contributed by atoms with Crippen LogP contribution in [0, 0.1) is 6.92 Å². The van der Waals surface area contributed by atoms with E-state index >= 15 is 0 Å². The molecule has 0 aliphatic rings. The first-order valence-corrected chi connectivity index (χ1v) is 8.97. The maximum Gasteiger partial charge on any atom is 0.573 e. The average Bonchev–Trinajstić information content (AvgIpc) is 2.57. The van der Waals surface area contributed by atoms with Gasteiger partial charge < -0.3 is 15.4 Å². The summed E-state index contributed by atoms with van der Waals surface area (Å²) in [5.74, 6) is -0.845. The summed E-state index contributed by atoms with van der Waals surface area (Å²) in [5, 5.41) is 5.25. The lowest BCUT2D eigenvalue weighted by molar-refractivity contribution is -0.274. The van der Waals surface area contributed by atoms with E-state index in [9.17, 15) is 22.8 Å². The van der Waals surface area contributed by atoms with Crippen molar-refractivity contribution in [2.45, 2.75) is 13.3 Å². The van der Waals surface area contributed by atoms with Gasteiger partial charge in [-0.15, -0.1) is 24.9 Å². The Morgan fingerprint density at radius 1 is 0.889 bits per heavy atom. The number of rotatable bonds is 7. The Morgan fingerprint density at radius 2 is 1.33 bits per heavy atom. The molecule has 0 aliphatic heterocycles. The molecule has 0 atom stereocenters. The maximum atomic E-state index is 12.1. The fourth-order valence-corrected chi connectivity index (χ4v) is 2.62. The molecule has 27 heavy (non-hydrogen) atoms. The van der Waals surface area contributed by atoms with Crippen molar-refractivity contribution in [3.05, 3.63) is 54.1 Å². The Bertz CT molecular complexity index is 778. The van der Waals surface area contributed by atoms with Crippen LogP contribution in [0.15, 0.2) is 48.5 Å². The van der Waals surface area contributed by atoms with Gasteiger partial charge >= 0.3 is 6.36 Å². The number of alkyl halides is 3. The molecule has 9 heteroatoms. The molecular formula is C18H17F3N2O3S. The van der Waals surface area contributed by atoms with Crippen LogP contribution in [0.5, 0.6) is 5.75 Å². The Balaban J connectivity index is 1.71. The summed E-state index contributed by atoms with van der Waals surface area (Å²) in [6, 6.07) is 12.1. The monoisotopic (exact) mass is 398 g/mol. The van der Waals surface area contributed by atoms with Gasteiger partial charge in [-0.05, 0) is 43.3 Å². The van der Waals surface area contributed by atoms with Crippen molar-refractivity contribution in [1.82, 2.24) is 0 Å². The smallest absolute Gasteiger partial charge is 0.406 e. The highest BCUT2D eigenvalue weighted by Crippen LogP contribution is 2.24. The summed E-state index contributed by atoms with van der Waals surface area (Å²) in [6.07, 6.45) is -4.76. The molecule has 2 aromatic rings.